The van der Waals surface area contributed by atoms with Gasteiger partial charge in [-0.15, -0.1) is 0 Å². The predicted molar refractivity (Wildman–Crippen MR) is 120 cm³/mol. The lowest BCUT2D eigenvalue weighted by Gasteiger charge is -2.47. The molecule has 3 saturated carbocycles. The zero-order valence-corrected chi connectivity index (χ0v) is 18.7. The van der Waals surface area contributed by atoms with E-state index in [1.807, 2.05) is 0 Å². The van der Waals surface area contributed by atoms with Crippen LogP contribution in [0.4, 0.5) is 0 Å². The first kappa shape index (κ1) is 20.9. The molecule has 0 heterocycles. The van der Waals surface area contributed by atoms with E-state index in [0.29, 0.717) is 0 Å². The topological polar surface area (TPSA) is 0 Å². The summed E-state index contributed by atoms with van der Waals surface area (Å²) in [6, 6.07) is 0. The van der Waals surface area contributed by atoms with Gasteiger partial charge in [-0.2, -0.15) is 0 Å². The SMILES string of the molecule is C/C=C\C(C1CCCCC1)C(CC)P(C1CCCCC1)C1CCCCC1. The van der Waals surface area contributed by atoms with E-state index in [1.165, 1.54) is 77.0 Å². The van der Waals surface area contributed by atoms with Gasteiger partial charge in [-0.1, -0.05) is 84.8 Å². The summed E-state index contributed by atoms with van der Waals surface area (Å²) >= 11 is 0. The van der Waals surface area contributed by atoms with Crippen molar-refractivity contribution in [1.82, 2.24) is 0 Å². The Morgan fingerprint density at radius 1 is 0.731 bits per heavy atom. The van der Waals surface area contributed by atoms with E-state index in [-0.39, 0.29) is 7.92 Å². The highest BCUT2D eigenvalue weighted by Crippen LogP contribution is 2.62. The molecule has 0 radical (unpaired) electrons. The van der Waals surface area contributed by atoms with Crippen LogP contribution >= 0.6 is 7.92 Å². The van der Waals surface area contributed by atoms with Crippen LogP contribution in [-0.2, 0) is 0 Å². The molecule has 1 heteroatoms. The average molecular weight is 377 g/mol. The molecule has 0 amide bonds. The molecule has 0 spiro atoms. The fourth-order valence-electron chi connectivity index (χ4n) is 6.62. The van der Waals surface area contributed by atoms with Crippen LogP contribution in [-0.4, -0.2) is 17.0 Å². The second-order valence-corrected chi connectivity index (χ2v) is 12.5. The van der Waals surface area contributed by atoms with Crippen molar-refractivity contribution in [3.05, 3.63) is 12.2 Å². The van der Waals surface area contributed by atoms with Crippen LogP contribution in [0.5, 0.6) is 0 Å². The Hall–Kier alpha value is 0.170. The first-order valence-electron chi connectivity index (χ1n) is 12.3. The molecule has 3 fully saturated rings. The lowest BCUT2D eigenvalue weighted by molar-refractivity contribution is 0.275. The zero-order chi connectivity index (χ0) is 18.2. The molecule has 0 aromatic heterocycles. The quantitative estimate of drug-likeness (QED) is 0.308. The van der Waals surface area contributed by atoms with Gasteiger partial charge in [-0.3, -0.25) is 0 Å². The third kappa shape index (κ3) is 5.37. The van der Waals surface area contributed by atoms with Gasteiger partial charge in [0.15, 0.2) is 0 Å². The molecule has 0 saturated heterocycles. The maximum Gasteiger partial charge on any atom is -0.0137 e. The Labute approximate surface area is 165 Å². The molecule has 26 heavy (non-hydrogen) atoms. The largest absolute Gasteiger partial charge is 0.0966 e. The molecule has 2 unspecified atom stereocenters. The summed E-state index contributed by atoms with van der Waals surface area (Å²) in [4.78, 5) is 0. The Bertz CT molecular complexity index is 378. The van der Waals surface area contributed by atoms with Crippen LogP contribution in [0.25, 0.3) is 0 Å². The standard InChI is InChI=1S/C25H45P/c1-3-14-24(21-15-8-5-9-16-21)25(4-2)26(22-17-10-6-11-18-22)23-19-12-7-13-20-23/h3,14,21-25H,4-13,15-20H2,1-2H3/b14-3-. The fourth-order valence-corrected chi connectivity index (χ4v) is 11.4. The lowest BCUT2D eigenvalue weighted by Crippen LogP contribution is -2.34. The molecule has 0 aromatic rings. The second kappa shape index (κ2) is 11.2. The van der Waals surface area contributed by atoms with E-state index in [0.717, 1.165) is 28.8 Å². The van der Waals surface area contributed by atoms with Gasteiger partial charge in [0.1, 0.15) is 0 Å². The number of rotatable bonds is 7. The highest BCUT2D eigenvalue weighted by Gasteiger charge is 2.40. The molecule has 0 N–H and O–H groups in total. The molecule has 2 atom stereocenters. The minimum absolute atomic E-state index is 0.213. The third-order valence-electron chi connectivity index (χ3n) is 7.85. The molecule has 0 aromatic carbocycles. The highest BCUT2D eigenvalue weighted by molar-refractivity contribution is 7.60. The highest BCUT2D eigenvalue weighted by atomic mass is 31.1. The Balaban J connectivity index is 1.83. The Morgan fingerprint density at radius 3 is 1.62 bits per heavy atom. The van der Waals surface area contributed by atoms with Crippen LogP contribution in [0.2, 0.25) is 0 Å². The summed E-state index contributed by atoms with van der Waals surface area (Å²) in [6.07, 6.45) is 29.5. The molecular weight excluding hydrogens is 331 g/mol. The van der Waals surface area contributed by atoms with Crippen LogP contribution < -0.4 is 0 Å². The average Bonchev–Trinajstić information content (AvgIpc) is 2.72. The van der Waals surface area contributed by atoms with Crippen LogP contribution in [0.15, 0.2) is 12.2 Å². The van der Waals surface area contributed by atoms with E-state index in [1.54, 1.807) is 25.7 Å². The van der Waals surface area contributed by atoms with E-state index >= 15 is 0 Å². The van der Waals surface area contributed by atoms with Gasteiger partial charge in [0.25, 0.3) is 0 Å². The summed E-state index contributed by atoms with van der Waals surface area (Å²) in [6.45, 7) is 4.83. The summed E-state index contributed by atoms with van der Waals surface area (Å²) in [7, 11) is 0.213. The van der Waals surface area contributed by atoms with Crippen molar-refractivity contribution in [1.29, 1.82) is 0 Å². The minimum Gasteiger partial charge on any atom is -0.0966 e. The first-order valence-corrected chi connectivity index (χ1v) is 13.8. The van der Waals surface area contributed by atoms with Gasteiger partial charge >= 0.3 is 0 Å². The number of allylic oxidation sites excluding steroid dienone is 2. The third-order valence-corrected chi connectivity index (χ3v) is 12.0. The molecule has 150 valence electrons. The summed E-state index contributed by atoms with van der Waals surface area (Å²) < 4.78 is 0. The molecule has 3 aliphatic carbocycles. The predicted octanol–water partition coefficient (Wildman–Crippen LogP) is 8.68. The van der Waals surface area contributed by atoms with E-state index in [9.17, 15) is 0 Å². The first-order chi connectivity index (χ1) is 12.8. The molecule has 0 nitrogen and oxygen atoms in total. The molecule has 3 aliphatic rings. The number of hydrogen-bond acceptors (Lipinski definition) is 0. The van der Waals surface area contributed by atoms with Crippen molar-refractivity contribution in [2.75, 3.05) is 0 Å². The fraction of sp³-hybridized carbons (Fsp3) is 0.920. The van der Waals surface area contributed by atoms with Crippen molar-refractivity contribution < 1.29 is 0 Å². The van der Waals surface area contributed by atoms with Crippen LogP contribution in [0.1, 0.15) is 117 Å². The smallest absolute Gasteiger partial charge is 0.0137 e. The van der Waals surface area contributed by atoms with Gasteiger partial charge in [0.05, 0.1) is 0 Å². The van der Waals surface area contributed by atoms with E-state index in [4.69, 9.17) is 0 Å². The van der Waals surface area contributed by atoms with E-state index < -0.39 is 0 Å². The zero-order valence-electron chi connectivity index (χ0n) is 17.8. The van der Waals surface area contributed by atoms with Crippen molar-refractivity contribution in [3.8, 4) is 0 Å². The Morgan fingerprint density at radius 2 is 1.19 bits per heavy atom. The maximum atomic E-state index is 2.69. The lowest BCUT2D eigenvalue weighted by atomic mass is 9.77. The molecular formula is C25H45P. The maximum absolute atomic E-state index is 2.69. The summed E-state index contributed by atoms with van der Waals surface area (Å²) in [5, 5.41) is 0. The van der Waals surface area contributed by atoms with Gasteiger partial charge in [0.2, 0.25) is 0 Å². The van der Waals surface area contributed by atoms with Gasteiger partial charge < -0.3 is 0 Å². The summed E-state index contributed by atoms with van der Waals surface area (Å²) in [5.41, 5.74) is 3.25. The van der Waals surface area contributed by atoms with Gasteiger partial charge in [-0.25, -0.2) is 0 Å². The van der Waals surface area contributed by atoms with Crippen molar-refractivity contribution >= 4 is 7.92 Å². The second-order valence-electron chi connectivity index (χ2n) is 9.51. The normalized spacial score (nSPS) is 27.2. The number of hydrogen-bond donors (Lipinski definition) is 0. The van der Waals surface area contributed by atoms with Crippen molar-refractivity contribution in [2.24, 2.45) is 11.8 Å². The van der Waals surface area contributed by atoms with Crippen LogP contribution in [0.3, 0.4) is 0 Å². The molecule has 0 bridgehead atoms. The van der Waals surface area contributed by atoms with Crippen molar-refractivity contribution in [2.45, 2.75) is 134 Å². The van der Waals surface area contributed by atoms with Crippen molar-refractivity contribution in [3.63, 3.8) is 0 Å². The monoisotopic (exact) mass is 376 g/mol. The minimum atomic E-state index is 0.213. The van der Waals surface area contributed by atoms with Gasteiger partial charge in [0, 0.05) is 0 Å². The van der Waals surface area contributed by atoms with Gasteiger partial charge in [-0.05, 0) is 80.7 Å². The Kier molecular flexibility index (Phi) is 9.03. The van der Waals surface area contributed by atoms with E-state index in [2.05, 4.69) is 26.0 Å². The van der Waals surface area contributed by atoms with Crippen LogP contribution in [0, 0.1) is 11.8 Å². The molecule has 3 rings (SSSR count). The molecule has 0 aliphatic heterocycles. The summed E-state index contributed by atoms with van der Waals surface area (Å²) in [5.74, 6) is 1.90.